The summed E-state index contributed by atoms with van der Waals surface area (Å²) in [4.78, 5) is 46.9. The number of carbonyl (C=O) groups excluding carboxylic acids is 1. The molecule has 2 aromatic heterocycles. The first kappa shape index (κ1) is 25.9. The van der Waals surface area contributed by atoms with E-state index in [9.17, 15) is 14.4 Å². The van der Waals surface area contributed by atoms with Crippen molar-refractivity contribution in [2.75, 3.05) is 13.1 Å². The predicted octanol–water partition coefficient (Wildman–Crippen LogP) is 2.95. The quantitative estimate of drug-likeness (QED) is 0.384. The molecule has 5 rings (SSSR count). The van der Waals surface area contributed by atoms with E-state index in [2.05, 4.69) is 0 Å². The molecule has 1 amide bonds. The van der Waals surface area contributed by atoms with Crippen molar-refractivity contribution < 1.29 is 4.79 Å². The number of amides is 1. The Morgan fingerprint density at radius 2 is 1.71 bits per heavy atom. The molecule has 0 spiro atoms. The molecule has 3 heterocycles. The minimum absolute atomic E-state index is 0.111. The number of imidazole rings is 1. The van der Waals surface area contributed by atoms with Gasteiger partial charge in [0, 0.05) is 32.2 Å². The van der Waals surface area contributed by atoms with Crippen LogP contribution in [0, 0.1) is 0 Å². The lowest BCUT2D eigenvalue weighted by atomic mass is 9.94. The van der Waals surface area contributed by atoms with Crippen LogP contribution in [0.5, 0.6) is 0 Å². The Labute approximate surface area is 228 Å². The molecule has 0 fully saturated rings. The first-order chi connectivity index (χ1) is 18.2. The topological polar surface area (TPSA) is 81.6 Å². The Morgan fingerprint density at radius 3 is 2.37 bits per heavy atom. The Hall–Kier alpha value is -3.69. The van der Waals surface area contributed by atoms with E-state index in [1.165, 1.54) is 11.3 Å². The summed E-state index contributed by atoms with van der Waals surface area (Å²) in [6.07, 6.45) is 1.81. The highest BCUT2D eigenvalue weighted by molar-refractivity contribution is 7.07. The molecule has 1 aliphatic heterocycles. The fourth-order valence-corrected chi connectivity index (χ4v) is 6.17. The van der Waals surface area contributed by atoms with Gasteiger partial charge in [-0.25, -0.2) is 9.79 Å². The average Bonchev–Trinajstić information content (AvgIpc) is 3.32. The van der Waals surface area contributed by atoms with Gasteiger partial charge in [0.1, 0.15) is 0 Å². The number of halogens is 1. The molecule has 10 heteroatoms. The molecule has 0 aliphatic carbocycles. The van der Waals surface area contributed by atoms with Crippen LogP contribution < -0.4 is 20.6 Å². The summed E-state index contributed by atoms with van der Waals surface area (Å²) in [5, 5.41) is 0.573. The molecular weight excluding hydrogens is 522 g/mol. The van der Waals surface area contributed by atoms with Gasteiger partial charge in [-0.1, -0.05) is 41.1 Å². The Bertz CT molecular complexity index is 1850. The third kappa shape index (κ3) is 4.16. The molecule has 196 valence electrons. The first-order valence-electron chi connectivity index (χ1n) is 12.4. The minimum Gasteiger partial charge on any atom is -0.339 e. The summed E-state index contributed by atoms with van der Waals surface area (Å²) in [6.45, 7) is 6.79. The summed E-state index contributed by atoms with van der Waals surface area (Å²) >= 11 is 7.45. The molecule has 4 aromatic rings. The summed E-state index contributed by atoms with van der Waals surface area (Å²) in [5.41, 5.74) is 3.91. The number of thiazole rings is 1. The van der Waals surface area contributed by atoms with Gasteiger partial charge in [-0.3, -0.25) is 23.3 Å². The zero-order valence-corrected chi connectivity index (χ0v) is 23.4. The number of aromatic nitrogens is 3. The van der Waals surface area contributed by atoms with E-state index in [4.69, 9.17) is 16.6 Å². The van der Waals surface area contributed by atoms with E-state index in [1.807, 2.05) is 57.2 Å². The van der Waals surface area contributed by atoms with Crippen LogP contribution in [0.15, 0.2) is 68.3 Å². The van der Waals surface area contributed by atoms with Crippen LogP contribution in [0.3, 0.4) is 0 Å². The third-order valence-electron chi connectivity index (χ3n) is 7.08. The first-order valence-corrected chi connectivity index (χ1v) is 13.6. The van der Waals surface area contributed by atoms with Gasteiger partial charge in [0.25, 0.3) is 11.5 Å². The van der Waals surface area contributed by atoms with Crippen molar-refractivity contribution in [3.8, 4) is 0 Å². The van der Waals surface area contributed by atoms with Gasteiger partial charge in [-0.15, -0.1) is 0 Å². The molecular formula is C28H28ClN5O3S. The zero-order valence-electron chi connectivity index (χ0n) is 21.9. The van der Waals surface area contributed by atoms with E-state index >= 15 is 0 Å². The number of carbonyl (C=O) groups is 1. The number of fused-ring (bicyclic) bond motifs is 2. The molecule has 0 N–H and O–H groups in total. The third-order valence-corrected chi connectivity index (χ3v) is 8.32. The van der Waals surface area contributed by atoms with Crippen molar-refractivity contribution in [3.05, 3.63) is 100 Å². The fraction of sp³-hybridized carbons (Fsp3) is 0.286. The number of hydrogen-bond acceptors (Lipinski definition) is 5. The molecule has 0 unspecified atom stereocenters. The predicted molar refractivity (Wildman–Crippen MR) is 151 cm³/mol. The number of allylic oxidation sites excluding steroid dienone is 1. The van der Waals surface area contributed by atoms with Crippen molar-refractivity contribution >= 4 is 46.0 Å². The number of hydrogen-bond donors (Lipinski definition) is 0. The molecule has 0 saturated carbocycles. The van der Waals surface area contributed by atoms with Gasteiger partial charge in [-0.05, 0) is 62.2 Å². The van der Waals surface area contributed by atoms with Gasteiger partial charge >= 0.3 is 5.69 Å². The van der Waals surface area contributed by atoms with Gasteiger partial charge < -0.3 is 4.90 Å². The SMILES string of the molecule is CCN(CC)C(=O)C1=C(C)N=c2s/c(=C/c3ccc4c(c3)n(C)c(=O)n4C)c(=O)n2[C@H]1c1ccc(Cl)cc1. The van der Waals surface area contributed by atoms with Gasteiger partial charge in [0.2, 0.25) is 0 Å². The number of aryl methyl sites for hydroxylation is 2. The van der Waals surface area contributed by atoms with Gasteiger partial charge in [0.15, 0.2) is 4.80 Å². The van der Waals surface area contributed by atoms with Gasteiger partial charge in [-0.2, -0.15) is 0 Å². The van der Waals surface area contributed by atoms with Gasteiger partial charge in [0.05, 0.1) is 32.9 Å². The van der Waals surface area contributed by atoms with Crippen LogP contribution in [0.4, 0.5) is 0 Å². The van der Waals surface area contributed by atoms with E-state index in [0.717, 1.165) is 22.2 Å². The second-order valence-corrected chi connectivity index (χ2v) is 10.7. The molecule has 0 bridgehead atoms. The fourth-order valence-electron chi connectivity index (χ4n) is 5.00. The number of benzene rings is 2. The number of rotatable bonds is 5. The lowest BCUT2D eigenvalue weighted by Crippen LogP contribution is -2.43. The monoisotopic (exact) mass is 549 g/mol. The lowest BCUT2D eigenvalue weighted by Gasteiger charge is -2.29. The smallest absolute Gasteiger partial charge is 0.328 e. The molecule has 8 nitrogen and oxygen atoms in total. The van der Waals surface area contributed by atoms with Crippen LogP contribution in [-0.2, 0) is 18.9 Å². The van der Waals surface area contributed by atoms with Crippen molar-refractivity contribution in [2.45, 2.75) is 26.8 Å². The molecule has 0 saturated heterocycles. The Kier molecular flexibility index (Phi) is 6.75. The maximum atomic E-state index is 13.9. The lowest BCUT2D eigenvalue weighted by molar-refractivity contribution is -0.127. The van der Waals surface area contributed by atoms with Crippen molar-refractivity contribution in [1.29, 1.82) is 0 Å². The van der Waals surface area contributed by atoms with E-state index in [-0.39, 0.29) is 17.2 Å². The van der Waals surface area contributed by atoms with E-state index in [1.54, 1.807) is 44.8 Å². The molecule has 1 aliphatic rings. The largest absolute Gasteiger partial charge is 0.339 e. The Morgan fingerprint density at radius 1 is 1.05 bits per heavy atom. The molecule has 1 atom stereocenters. The van der Waals surface area contributed by atoms with Crippen molar-refractivity contribution in [3.63, 3.8) is 0 Å². The molecule has 0 radical (unpaired) electrons. The van der Waals surface area contributed by atoms with Crippen molar-refractivity contribution in [1.82, 2.24) is 18.6 Å². The standard InChI is InChI=1S/C28H28ClN5O3S/c1-6-33(7-2)26(36)23-16(3)30-27-34(24(23)18-9-11-19(29)12-10-18)25(35)22(38-27)15-17-8-13-20-21(14-17)32(5)28(37)31(20)4/h8-15,24H,6-7H2,1-5H3/b22-15+/t24-/m0/s1. The zero-order chi connectivity index (χ0) is 27.3. The maximum absolute atomic E-state index is 13.9. The molecule has 2 aromatic carbocycles. The number of nitrogens with zero attached hydrogens (tertiary/aromatic N) is 5. The number of likely N-dealkylation sites (N-methyl/N-ethyl adjacent to an activating group) is 1. The summed E-state index contributed by atoms with van der Waals surface area (Å²) in [7, 11) is 3.46. The highest BCUT2D eigenvalue weighted by Crippen LogP contribution is 2.31. The second-order valence-electron chi connectivity index (χ2n) is 9.26. The normalized spacial score (nSPS) is 15.6. The molecule has 38 heavy (non-hydrogen) atoms. The van der Waals surface area contributed by atoms with Crippen LogP contribution in [0.2, 0.25) is 5.02 Å². The van der Waals surface area contributed by atoms with Crippen LogP contribution >= 0.6 is 22.9 Å². The Balaban J connectivity index is 1.72. The summed E-state index contributed by atoms with van der Waals surface area (Å²) < 4.78 is 5.28. The van der Waals surface area contributed by atoms with Crippen LogP contribution in [0.1, 0.15) is 37.9 Å². The average molecular weight is 550 g/mol. The highest BCUT2D eigenvalue weighted by Gasteiger charge is 2.34. The maximum Gasteiger partial charge on any atom is 0.328 e. The minimum atomic E-state index is -0.629. The summed E-state index contributed by atoms with van der Waals surface area (Å²) in [5.74, 6) is -0.138. The van der Waals surface area contributed by atoms with Crippen molar-refractivity contribution in [2.24, 2.45) is 19.1 Å². The summed E-state index contributed by atoms with van der Waals surface area (Å²) in [6, 6.07) is 12.3. The second kappa shape index (κ2) is 9.89. The van der Waals surface area contributed by atoms with E-state index in [0.29, 0.717) is 38.7 Å². The van der Waals surface area contributed by atoms with Crippen LogP contribution in [0.25, 0.3) is 17.1 Å². The van der Waals surface area contributed by atoms with E-state index < -0.39 is 6.04 Å². The van der Waals surface area contributed by atoms with Crippen LogP contribution in [-0.4, -0.2) is 37.6 Å². The highest BCUT2D eigenvalue weighted by atomic mass is 35.5.